The highest BCUT2D eigenvalue weighted by Crippen LogP contribution is 2.31. The monoisotopic (exact) mass is 561 g/mol. The van der Waals surface area contributed by atoms with Crippen molar-refractivity contribution in [1.29, 1.82) is 0 Å². The number of urea groups is 1. The van der Waals surface area contributed by atoms with E-state index in [1.54, 1.807) is 44.2 Å². The number of halogens is 1. The third-order valence-corrected chi connectivity index (χ3v) is 6.48. The number of benzene rings is 3. The van der Waals surface area contributed by atoms with E-state index in [0.717, 1.165) is 16.0 Å². The van der Waals surface area contributed by atoms with Crippen LogP contribution in [-0.4, -0.2) is 37.0 Å². The summed E-state index contributed by atoms with van der Waals surface area (Å²) in [7, 11) is 0. The Labute approximate surface area is 236 Å². The fraction of sp³-hybridized carbons (Fsp3) is 0.200. The van der Waals surface area contributed by atoms with Crippen LogP contribution in [0.1, 0.15) is 29.2 Å². The van der Waals surface area contributed by atoms with Crippen LogP contribution < -0.4 is 25.0 Å². The summed E-state index contributed by atoms with van der Waals surface area (Å²) >= 11 is 6.08. The van der Waals surface area contributed by atoms with Crippen LogP contribution in [0, 0.1) is 20.8 Å². The zero-order chi connectivity index (χ0) is 29.0. The number of rotatable bonds is 8. The summed E-state index contributed by atoms with van der Waals surface area (Å²) in [5.74, 6) is -1.33. The van der Waals surface area contributed by atoms with Crippen molar-refractivity contribution in [2.75, 3.05) is 23.4 Å². The highest BCUT2D eigenvalue weighted by Gasteiger charge is 2.37. The second kappa shape index (κ2) is 12.0. The maximum absolute atomic E-state index is 13.3. The molecule has 0 aliphatic carbocycles. The van der Waals surface area contributed by atoms with E-state index in [1.165, 1.54) is 12.1 Å². The molecule has 206 valence electrons. The number of barbiturate groups is 1. The number of ether oxygens (including phenoxy) is 2. The second-order valence-corrected chi connectivity index (χ2v) is 9.60. The summed E-state index contributed by atoms with van der Waals surface area (Å²) in [6.45, 7) is 7.51. The van der Waals surface area contributed by atoms with E-state index in [2.05, 4.69) is 10.6 Å². The molecule has 3 aromatic rings. The lowest BCUT2D eigenvalue weighted by atomic mass is 10.1. The van der Waals surface area contributed by atoms with Crippen molar-refractivity contribution in [3.05, 3.63) is 87.4 Å². The molecular formula is C30H28ClN3O6. The minimum Gasteiger partial charge on any atom is -0.490 e. The Morgan fingerprint density at radius 2 is 1.68 bits per heavy atom. The first-order valence-electron chi connectivity index (χ1n) is 12.5. The SMILES string of the molecule is CCOc1cc(/C=C2\C(=O)NC(=O)N(c3cc(Cl)ccc3C)C2=O)ccc1OCC(=O)Nc1ccc(C)c(C)c1. The van der Waals surface area contributed by atoms with Gasteiger partial charge in [-0.3, -0.25) is 19.7 Å². The number of anilines is 2. The molecule has 3 aromatic carbocycles. The first kappa shape index (κ1) is 28.4. The molecule has 1 heterocycles. The zero-order valence-electron chi connectivity index (χ0n) is 22.5. The Bertz CT molecular complexity index is 1550. The highest BCUT2D eigenvalue weighted by molar-refractivity contribution is 6.39. The topological polar surface area (TPSA) is 114 Å². The maximum atomic E-state index is 13.3. The van der Waals surface area contributed by atoms with Gasteiger partial charge in [0.15, 0.2) is 18.1 Å². The minimum absolute atomic E-state index is 0.247. The number of amides is 5. The number of carbonyl (C=O) groups is 4. The Morgan fingerprint density at radius 3 is 2.40 bits per heavy atom. The van der Waals surface area contributed by atoms with Crippen molar-refractivity contribution in [1.82, 2.24) is 5.32 Å². The Balaban J connectivity index is 1.54. The second-order valence-electron chi connectivity index (χ2n) is 9.16. The number of nitrogens with zero attached hydrogens (tertiary/aromatic N) is 1. The fourth-order valence-corrected chi connectivity index (χ4v) is 4.19. The smallest absolute Gasteiger partial charge is 0.335 e. The molecule has 0 unspecified atom stereocenters. The fourth-order valence-electron chi connectivity index (χ4n) is 4.03. The van der Waals surface area contributed by atoms with Crippen molar-refractivity contribution in [3.8, 4) is 11.5 Å². The van der Waals surface area contributed by atoms with Gasteiger partial charge in [-0.2, -0.15) is 0 Å². The number of hydrogen-bond donors (Lipinski definition) is 2. The quantitative estimate of drug-likeness (QED) is 0.283. The average Bonchev–Trinajstić information content (AvgIpc) is 2.90. The Kier molecular flexibility index (Phi) is 8.55. The van der Waals surface area contributed by atoms with Crippen LogP contribution in [0.15, 0.2) is 60.2 Å². The van der Waals surface area contributed by atoms with Gasteiger partial charge >= 0.3 is 6.03 Å². The summed E-state index contributed by atoms with van der Waals surface area (Å²) in [5.41, 5.74) is 3.95. The van der Waals surface area contributed by atoms with Gasteiger partial charge in [-0.15, -0.1) is 0 Å². The molecule has 4 rings (SSSR count). The Morgan fingerprint density at radius 1 is 0.925 bits per heavy atom. The molecule has 0 atom stereocenters. The molecular weight excluding hydrogens is 534 g/mol. The van der Waals surface area contributed by atoms with E-state index in [-0.39, 0.29) is 23.8 Å². The Hall–Kier alpha value is -4.63. The zero-order valence-corrected chi connectivity index (χ0v) is 23.2. The maximum Gasteiger partial charge on any atom is 0.335 e. The van der Waals surface area contributed by atoms with Gasteiger partial charge < -0.3 is 14.8 Å². The van der Waals surface area contributed by atoms with Crippen molar-refractivity contribution >= 4 is 52.8 Å². The molecule has 0 saturated carbocycles. The lowest BCUT2D eigenvalue weighted by molar-refractivity contribution is -0.122. The van der Waals surface area contributed by atoms with E-state index >= 15 is 0 Å². The van der Waals surface area contributed by atoms with E-state index < -0.39 is 17.8 Å². The van der Waals surface area contributed by atoms with Gasteiger partial charge in [0, 0.05) is 10.7 Å². The third-order valence-electron chi connectivity index (χ3n) is 6.24. The van der Waals surface area contributed by atoms with Crippen LogP contribution in [0.2, 0.25) is 5.02 Å². The van der Waals surface area contributed by atoms with Gasteiger partial charge in [-0.1, -0.05) is 29.8 Å². The van der Waals surface area contributed by atoms with Crippen molar-refractivity contribution < 1.29 is 28.7 Å². The summed E-state index contributed by atoms with van der Waals surface area (Å²) < 4.78 is 11.4. The molecule has 1 saturated heterocycles. The van der Waals surface area contributed by atoms with Gasteiger partial charge in [0.25, 0.3) is 17.7 Å². The molecule has 1 aliphatic heterocycles. The van der Waals surface area contributed by atoms with Gasteiger partial charge in [-0.05, 0) is 92.4 Å². The standard InChI is InChI=1S/C30H28ClN3O6/c1-5-39-26-14-20(8-11-25(26)40-16-27(35)32-22-10-7-17(2)19(4)12-22)13-23-28(36)33-30(38)34(29(23)37)24-15-21(31)9-6-18(24)3/h6-15H,5,16H2,1-4H3,(H,32,35)(H,33,36,38)/b23-13+. The van der Waals surface area contributed by atoms with E-state index in [0.29, 0.717) is 39.9 Å². The van der Waals surface area contributed by atoms with Crippen LogP contribution in [0.3, 0.4) is 0 Å². The number of nitrogens with one attached hydrogen (secondary N) is 2. The largest absolute Gasteiger partial charge is 0.490 e. The molecule has 1 aliphatic rings. The van der Waals surface area contributed by atoms with Crippen LogP contribution in [0.5, 0.6) is 11.5 Å². The third kappa shape index (κ3) is 6.32. The number of aryl methyl sites for hydroxylation is 3. The summed E-state index contributed by atoms with van der Waals surface area (Å²) in [4.78, 5) is 51.8. The van der Waals surface area contributed by atoms with E-state index in [9.17, 15) is 19.2 Å². The number of carbonyl (C=O) groups excluding carboxylic acids is 4. The number of hydrogen-bond acceptors (Lipinski definition) is 6. The van der Waals surface area contributed by atoms with E-state index in [1.807, 2.05) is 32.0 Å². The van der Waals surface area contributed by atoms with Crippen molar-refractivity contribution in [2.45, 2.75) is 27.7 Å². The first-order valence-corrected chi connectivity index (χ1v) is 12.9. The van der Waals surface area contributed by atoms with Gasteiger partial charge in [0.1, 0.15) is 5.57 Å². The lowest BCUT2D eigenvalue weighted by Crippen LogP contribution is -2.54. The summed E-state index contributed by atoms with van der Waals surface area (Å²) in [6, 6.07) is 14.3. The molecule has 2 N–H and O–H groups in total. The summed E-state index contributed by atoms with van der Waals surface area (Å²) in [6.07, 6.45) is 1.36. The molecule has 10 heteroatoms. The molecule has 40 heavy (non-hydrogen) atoms. The predicted molar refractivity (Wildman–Crippen MR) is 153 cm³/mol. The molecule has 5 amide bonds. The van der Waals surface area contributed by atoms with Gasteiger partial charge in [-0.25, -0.2) is 9.69 Å². The summed E-state index contributed by atoms with van der Waals surface area (Å²) in [5, 5.41) is 5.34. The molecule has 0 bridgehead atoms. The lowest BCUT2D eigenvalue weighted by Gasteiger charge is -2.27. The minimum atomic E-state index is -0.865. The first-order chi connectivity index (χ1) is 19.1. The highest BCUT2D eigenvalue weighted by atomic mass is 35.5. The molecule has 0 radical (unpaired) electrons. The van der Waals surface area contributed by atoms with Gasteiger partial charge in [0.05, 0.1) is 12.3 Å². The van der Waals surface area contributed by atoms with Crippen LogP contribution in [-0.2, 0) is 14.4 Å². The predicted octanol–water partition coefficient (Wildman–Crippen LogP) is 5.35. The van der Waals surface area contributed by atoms with Crippen molar-refractivity contribution in [2.24, 2.45) is 0 Å². The van der Waals surface area contributed by atoms with E-state index in [4.69, 9.17) is 21.1 Å². The van der Waals surface area contributed by atoms with Gasteiger partial charge in [0.2, 0.25) is 0 Å². The normalized spacial score (nSPS) is 14.3. The number of imide groups is 2. The average molecular weight is 562 g/mol. The molecule has 0 aromatic heterocycles. The van der Waals surface area contributed by atoms with Crippen LogP contribution in [0.25, 0.3) is 6.08 Å². The molecule has 0 spiro atoms. The van der Waals surface area contributed by atoms with Crippen LogP contribution >= 0.6 is 11.6 Å². The van der Waals surface area contributed by atoms with Crippen LogP contribution in [0.4, 0.5) is 16.2 Å². The van der Waals surface area contributed by atoms with Crippen molar-refractivity contribution in [3.63, 3.8) is 0 Å². The molecule has 1 fully saturated rings. The molecule has 9 nitrogen and oxygen atoms in total.